The molecule has 1 aliphatic carbocycles. The molecule has 2 aromatic rings. The van der Waals surface area contributed by atoms with Crippen LogP contribution in [0.2, 0.25) is 0 Å². The van der Waals surface area contributed by atoms with Crippen LogP contribution in [0.25, 0.3) is 6.08 Å². The smallest absolute Gasteiger partial charge is 0.267 e. The van der Waals surface area contributed by atoms with Gasteiger partial charge in [-0.15, -0.1) is 0 Å². The number of carbonyl (C=O) groups is 1. The summed E-state index contributed by atoms with van der Waals surface area (Å²) >= 11 is 1.28. The van der Waals surface area contributed by atoms with Crippen LogP contribution in [-0.2, 0) is 4.79 Å². The molecule has 162 valence electrons. The number of thioether (sulfide) groups is 1. The van der Waals surface area contributed by atoms with Crippen LogP contribution in [0.3, 0.4) is 0 Å². The van der Waals surface area contributed by atoms with Gasteiger partial charge in [0.15, 0.2) is 5.17 Å². The van der Waals surface area contributed by atoms with E-state index in [1.54, 1.807) is 43.4 Å². The van der Waals surface area contributed by atoms with Crippen molar-refractivity contribution in [2.24, 2.45) is 4.99 Å². The molecule has 1 aliphatic heterocycles. The molecule has 4 rings (SSSR count). The predicted octanol–water partition coefficient (Wildman–Crippen LogP) is 5.78. The molecular formula is C24H25FN2O3S. The van der Waals surface area contributed by atoms with Gasteiger partial charge in [-0.25, -0.2) is 9.38 Å². The highest BCUT2D eigenvalue weighted by molar-refractivity contribution is 8.18. The molecule has 31 heavy (non-hydrogen) atoms. The number of methoxy groups -OCH3 is 2. The maximum absolute atomic E-state index is 14.3. The lowest BCUT2D eigenvalue weighted by molar-refractivity contribution is -0.124. The van der Waals surface area contributed by atoms with E-state index in [4.69, 9.17) is 9.47 Å². The van der Waals surface area contributed by atoms with Gasteiger partial charge in [0.25, 0.3) is 5.91 Å². The summed E-state index contributed by atoms with van der Waals surface area (Å²) in [7, 11) is 3.19. The van der Waals surface area contributed by atoms with Gasteiger partial charge in [-0.2, -0.15) is 0 Å². The molecule has 0 radical (unpaired) electrons. The van der Waals surface area contributed by atoms with E-state index < -0.39 is 5.82 Å². The van der Waals surface area contributed by atoms with Gasteiger partial charge in [-0.05, 0) is 61.0 Å². The molecule has 0 aromatic heterocycles. The maximum atomic E-state index is 14.3. The first-order valence-corrected chi connectivity index (χ1v) is 11.2. The molecule has 0 atom stereocenters. The highest BCUT2D eigenvalue weighted by atomic mass is 32.2. The van der Waals surface area contributed by atoms with Gasteiger partial charge in [0.05, 0.1) is 19.1 Å². The summed E-state index contributed by atoms with van der Waals surface area (Å²) in [6.07, 6.45) is 6.99. The molecule has 5 nitrogen and oxygen atoms in total. The third kappa shape index (κ3) is 4.61. The number of rotatable bonds is 5. The molecule has 1 saturated carbocycles. The number of amidine groups is 1. The van der Waals surface area contributed by atoms with Crippen molar-refractivity contribution in [3.63, 3.8) is 0 Å². The number of benzene rings is 2. The van der Waals surface area contributed by atoms with Crippen molar-refractivity contribution in [2.75, 3.05) is 14.2 Å². The summed E-state index contributed by atoms with van der Waals surface area (Å²) < 4.78 is 25.1. The summed E-state index contributed by atoms with van der Waals surface area (Å²) in [6.45, 7) is 0. The summed E-state index contributed by atoms with van der Waals surface area (Å²) in [5, 5.41) is 0.523. The third-order valence-electron chi connectivity index (χ3n) is 5.57. The number of halogens is 1. The number of hydrogen-bond donors (Lipinski definition) is 0. The van der Waals surface area contributed by atoms with Crippen LogP contribution in [-0.4, -0.2) is 36.2 Å². The van der Waals surface area contributed by atoms with Crippen molar-refractivity contribution in [1.29, 1.82) is 0 Å². The highest BCUT2D eigenvalue weighted by Gasteiger charge is 2.39. The molecule has 1 heterocycles. The van der Waals surface area contributed by atoms with E-state index in [0.717, 1.165) is 31.2 Å². The molecular weight excluding hydrogens is 415 g/mol. The Kier molecular flexibility index (Phi) is 6.61. The lowest BCUT2D eigenvalue weighted by atomic mass is 9.94. The Balaban J connectivity index is 1.75. The lowest BCUT2D eigenvalue weighted by Gasteiger charge is -2.30. The van der Waals surface area contributed by atoms with Gasteiger partial charge in [-0.3, -0.25) is 9.69 Å². The third-order valence-corrected chi connectivity index (χ3v) is 6.55. The Labute approximate surface area is 185 Å². The van der Waals surface area contributed by atoms with E-state index in [1.165, 1.54) is 24.2 Å². The van der Waals surface area contributed by atoms with Gasteiger partial charge < -0.3 is 9.47 Å². The quantitative estimate of drug-likeness (QED) is 0.553. The van der Waals surface area contributed by atoms with Crippen LogP contribution in [0.15, 0.2) is 52.4 Å². The minimum Gasteiger partial charge on any atom is -0.497 e. The summed E-state index contributed by atoms with van der Waals surface area (Å²) in [5.41, 5.74) is 0.979. The SMILES string of the molecule is COc1ccc(OC)c(/C=C2\SC(=Nc3ccccc3F)N(C3CCCCC3)C2=O)c1. The normalized spacial score (nSPS) is 20.0. The first-order chi connectivity index (χ1) is 15.1. The topological polar surface area (TPSA) is 51.1 Å². The van der Waals surface area contributed by atoms with Crippen LogP contribution in [0.4, 0.5) is 10.1 Å². The zero-order valence-corrected chi connectivity index (χ0v) is 18.5. The fourth-order valence-corrected chi connectivity index (χ4v) is 5.01. The molecule has 0 N–H and O–H groups in total. The fraction of sp³-hybridized carbons (Fsp3) is 0.333. The molecule has 0 unspecified atom stereocenters. The largest absolute Gasteiger partial charge is 0.497 e. The minimum atomic E-state index is -0.404. The Hall–Kier alpha value is -2.80. The van der Waals surface area contributed by atoms with Gasteiger partial charge in [0.2, 0.25) is 0 Å². The van der Waals surface area contributed by atoms with Crippen LogP contribution in [0, 0.1) is 5.82 Å². The second kappa shape index (κ2) is 9.56. The molecule has 2 aliphatic rings. The number of amides is 1. The van der Waals surface area contributed by atoms with Gasteiger partial charge >= 0.3 is 0 Å². The second-order valence-electron chi connectivity index (χ2n) is 7.53. The van der Waals surface area contributed by atoms with Crippen molar-refractivity contribution in [2.45, 2.75) is 38.1 Å². The van der Waals surface area contributed by atoms with E-state index in [1.807, 2.05) is 18.2 Å². The minimum absolute atomic E-state index is 0.0809. The van der Waals surface area contributed by atoms with Gasteiger partial charge in [0, 0.05) is 11.6 Å². The molecule has 2 fully saturated rings. The Morgan fingerprint density at radius 3 is 2.58 bits per heavy atom. The predicted molar refractivity (Wildman–Crippen MR) is 122 cm³/mol. The molecule has 2 aromatic carbocycles. The van der Waals surface area contributed by atoms with Crippen molar-refractivity contribution in [3.05, 3.63) is 58.8 Å². The van der Waals surface area contributed by atoms with Crippen LogP contribution in [0.5, 0.6) is 11.5 Å². The number of nitrogens with zero attached hydrogens (tertiary/aromatic N) is 2. The standard InChI is InChI=1S/C24H25FN2O3S/c1-29-18-12-13-21(30-2)16(14-18)15-22-23(28)27(17-8-4-3-5-9-17)24(31-22)26-20-11-7-6-10-19(20)25/h6-7,10-15,17H,3-5,8-9H2,1-2H3/b22-15-,26-24?. The first kappa shape index (κ1) is 21.4. The van der Waals surface area contributed by atoms with Crippen molar-refractivity contribution >= 4 is 34.6 Å². The number of carbonyl (C=O) groups excluding carboxylic acids is 1. The van der Waals surface area contributed by atoms with Gasteiger partial charge in [0.1, 0.15) is 23.0 Å². The molecule has 1 amide bonds. The van der Waals surface area contributed by atoms with Crippen molar-refractivity contribution < 1.29 is 18.7 Å². The number of para-hydroxylation sites is 1. The van der Waals surface area contributed by atoms with E-state index in [-0.39, 0.29) is 17.6 Å². The summed E-state index contributed by atoms with van der Waals surface area (Å²) in [5.74, 6) is 0.813. The Morgan fingerprint density at radius 2 is 1.87 bits per heavy atom. The number of aliphatic imine (C=N–C) groups is 1. The van der Waals surface area contributed by atoms with E-state index in [9.17, 15) is 9.18 Å². The summed E-state index contributed by atoms with van der Waals surface area (Å²) in [4.78, 5) is 20.3. The fourth-order valence-electron chi connectivity index (χ4n) is 3.96. The number of hydrogen-bond acceptors (Lipinski definition) is 5. The van der Waals surface area contributed by atoms with Crippen molar-refractivity contribution in [1.82, 2.24) is 4.90 Å². The first-order valence-electron chi connectivity index (χ1n) is 10.4. The lowest BCUT2D eigenvalue weighted by Crippen LogP contribution is -2.40. The average molecular weight is 441 g/mol. The van der Waals surface area contributed by atoms with Crippen LogP contribution in [0.1, 0.15) is 37.7 Å². The number of ether oxygens (including phenoxy) is 2. The molecule has 0 bridgehead atoms. The van der Waals surface area contributed by atoms with Gasteiger partial charge in [-0.1, -0.05) is 31.4 Å². The molecule has 0 spiro atoms. The Bertz CT molecular complexity index is 1030. The van der Waals surface area contributed by atoms with E-state index in [0.29, 0.717) is 21.6 Å². The average Bonchev–Trinajstić information content (AvgIpc) is 3.10. The second-order valence-corrected chi connectivity index (χ2v) is 8.54. The zero-order valence-electron chi connectivity index (χ0n) is 17.6. The molecule has 7 heteroatoms. The Morgan fingerprint density at radius 1 is 1.10 bits per heavy atom. The monoisotopic (exact) mass is 440 g/mol. The van der Waals surface area contributed by atoms with E-state index in [2.05, 4.69) is 4.99 Å². The van der Waals surface area contributed by atoms with E-state index >= 15 is 0 Å². The maximum Gasteiger partial charge on any atom is 0.267 e. The van der Waals surface area contributed by atoms with Crippen molar-refractivity contribution in [3.8, 4) is 11.5 Å². The van der Waals surface area contributed by atoms with Crippen LogP contribution >= 0.6 is 11.8 Å². The summed E-state index contributed by atoms with van der Waals surface area (Å²) in [6, 6.07) is 11.9. The zero-order chi connectivity index (χ0) is 21.8. The highest BCUT2D eigenvalue weighted by Crippen LogP contribution is 2.40. The molecule has 1 saturated heterocycles. The van der Waals surface area contributed by atoms with Crippen LogP contribution < -0.4 is 9.47 Å².